The van der Waals surface area contributed by atoms with Gasteiger partial charge in [-0.3, -0.25) is 14.4 Å². The predicted molar refractivity (Wildman–Crippen MR) is 136 cm³/mol. The third-order valence-electron chi connectivity index (χ3n) is 7.67. The number of carbonyl (C=O) groups is 3. The molecule has 2 aromatic rings. The molecule has 0 spiro atoms. The number of phenols is 1. The van der Waals surface area contributed by atoms with Gasteiger partial charge in [0, 0.05) is 29.0 Å². The van der Waals surface area contributed by atoms with Crippen LogP contribution >= 0.6 is 0 Å². The Morgan fingerprint density at radius 2 is 1.84 bits per heavy atom. The number of ketones is 2. The molecule has 0 bridgehead atoms. The second-order valence-corrected chi connectivity index (χ2v) is 11.3. The molecule has 10 heteroatoms. The summed E-state index contributed by atoms with van der Waals surface area (Å²) in [5.41, 5.74) is 2.74. The number of Topliss-reactive ketones (excluding diaryl/α,β-unsaturated/α-hetero) is 2. The zero-order chi connectivity index (χ0) is 27.7. The Hall–Kier alpha value is -3.89. The molecule has 1 saturated carbocycles. The van der Waals surface area contributed by atoms with Crippen LogP contribution in [0.5, 0.6) is 5.75 Å². The van der Waals surface area contributed by atoms with Gasteiger partial charge in [-0.2, -0.15) is 0 Å². The van der Waals surface area contributed by atoms with E-state index in [0.29, 0.717) is 29.2 Å². The number of aliphatic hydroxyl groups excluding tert-OH is 2. The number of amides is 1. The Balaban J connectivity index is 1.60. The molecular formula is C28H30N2O8. The van der Waals surface area contributed by atoms with Crippen molar-refractivity contribution in [3.8, 4) is 17.1 Å². The lowest BCUT2D eigenvalue weighted by atomic mass is 9.59. The van der Waals surface area contributed by atoms with E-state index in [1.165, 1.54) is 6.07 Å². The second kappa shape index (κ2) is 8.57. The van der Waals surface area contributed by atoms with Crippen molar-refractivity contribution in [3.63, 3.8) is 0 Å². The highest BCUT2D eigenvalue weighted by Crippen LogP contribution is 2.53. The molecule has 3 aliphatic carbocycles. The minimum absolute atomic E-state index is 0.0281. The largest absolute Gasteiger partial charge is 0.508 e. The number of hydrogen-bond donors (Lipinski definition) is 6. The average Bonchev–Trinajstić information content (AvgIpc) is 3.28. The molecule has 3 aliphatic rings. The maximum atomic E-state index is 13.6. The molecular weight excluding hydrogens is 492 g/mol. The van der Waals surface area contributed by atoms with E-state index in [-0.39, 0.29) is 41.7 Å². The first-order valence-corrected chi connectivity index (χ1v) is 12.4. The van der Waals surface area contributed by atoms with Gasteiger partial charge in [-0.25, -0.2) is 0 Å². The molecule has 1 aromatic heterocycles. The number of furan rings is 1. The van der Waals surface area contributed by atoms with Crippen molar-refractivity contribution in [1.29, 1.82) is 0 Å². The molecule has 1 heterocycles. The summed E-state index contributed by atoms with van der Waals surface area (Å²) in [7, 11) is 0. The van der Waals surface area contributed by atoms with Crippen LogP contribution in [0.3, 0.4) is 0 Å². The van der Waals surface area contributed by atoms with Gasteiger partial charge in [0.05, 0.1) is 12.1 Å². The van der Waals surface area contributed by atoms with Gasteiger partial charge < -0.3 is 35.9 Å². The Kier molecular flexibility index (Phi) is 5.81. The van der Waals surface area contributed by atoms with E-state index < -0.39 is 52.0 Å². The molecule has 38 heavy (non-hydrogen) atoms. The third-order valence-corrected chi connectivity index (χ3v) is 7.67. The first-order chi connectivity index (χ1) is 17.7. The van der Waals surface area contributed by atoms with Crippen molar-refractivity contribution < 1.29 is 39.2 Å². The van der Waals surface area contributed by atoms with Gasteiger partial charge in [0.2, 0.25) is 5.78 Å². The van der Waals surface area contributed by atoms with Gasteiger partial charge in [0.15, 0.2) is 11.4 Å². The first-order valence-electron chi connectivity index (χ1n) is 12.4. The molecule has 0 saturated heterocycles. The molecule has 10 nitrogen and oxygen atoms in total. The fourth-order valence-corrected chi connectivity index (χ4v) is 5.82. The van der Waals surface area contributed by atoms with Crippen LogP contribution in [0.4, 0.5) is 0 Å². The summed E-state index contributed by atoms with van der Waals surface area (Å²) < 4.78 is 6.05. The Bertz CT molecular complexity index is 1460. The number of phenolic OH excluding ortho intramolecular Hbond substituents is 1. The Morgan fingerprint density at radius 3 is 2.50 bits per heavy atom. The minimum Gasteiger partial charge on any atom is -0.508 e. The van der Waals surface area contributed by atoms with Crippen LogP contribution in [0.1, 0.15) is 50.5 Å². The van der Waals surface area contributed by atoms with Crippen LogP contribution in [-0.4, -0.2) is 49.0 Å². The number of nitrogens with one attached hydrogen (secondary N) is 1. The van der Waals surface area contributed by atoms with E-state index in [2.05, 4.69) is 5.32 Å². The number of aliphatic hydroxyl groups is 3. The smallest absolute Gasteiger partial charge is 0.255 e. The highest BCUT2D eigenvalue weighted by Gasteiger charge is 2.60. The number of rotatable bonds is 4. The zero-order valence-corrected chi connectivity index (χ0v) is 21.3. The summed E-state index contributed by atoms with van der Waals surface area (Å²) in [6, 6.07) is 6.68. The first kappa shape index (κ1) is 25.7. The summed E-state index contributed by atoms with van der Waals surface area (Å²) in [4.78, 5) is 37.9. The number of benzene rings is 1. The van der Waals surface area contributed by atoms with Gasteiger partial charge in [0.1, 0.15) is 34.4 Å². The van der Waals surface area contributed by atoms with Crippen LogP contribution in [0.15, 0.2) is 45.6 Å². The normalized spacial score (nSPS) is 25.3. The molecule has 1 amide bonds. The van der Waals surface area contributed by atoms with Gasteiger partial charge in [-0.1, -0.05) is 0 Å². The van der Waals surface area contributed by atoms with E-state index in [1.807, 2.05) is 26.8 Å². The Morgan fingerprint density at radius 1 is 1.13 bits per heavy atom. The van der Waals surface area contributed by atoms with Crippen molar-refractivity contribution in [3.05, 3.63) is 58.1 Å². The molecule has 200 valence electrons. The SMILES string of the molecule is CC(C)(C)NCc1ccc(-c2ccc(O)c3c2C[C@H]2C[C@H]4CC(=O)C(C(N)=O)=C(O)[C@@]4(O)C(=O)C2=C3O)o1. The van der Waals surface area contributed by atoms with Crippen molar-refractivity contribution in [1.82, 2.24) is 5.32 Å². The molecule has 0 radical (unpaired) electrons. The fraction of sp³-hybridized carbons (Fsp3) is 0.393. The standard InChI is InChI=1S/C28H30N2O8/c1-27(2,3)30-11-14-4-7-19(38-14)15-5-6-17(31)21-16(15)9-12-8-13-10-18(32)22(26(29)36)25(35)28(13,37)24(34)20(12)23(21)33/h4-7,12-13,30-31,33,35,37H,8-11H2,1-3H3,(H2,29,36)/t12-,13+,28+/m1/s1. The van der Waals surface area contributed by atoms with Gasteiger partial charge >= 0.3 is 0 Å². The van der Waals surface area contributed by atoms with Crippen LogP contribution in [-0.2, 0) is 27.3 Å². The maximum Gasteiger partial charge on any atom is 0.255 e. The van der Waals surface area contributed by atoms with Crippen molar-refractivity contribution in [2.75, 3.05) is 0 Å². The number of hydrogen-bond acceptors (Lipinski definition) is 9. The lowest BCUT2D eigenvalue weighted by Gasteiger charge is -2.46. The molecule has 0 aliphatic heterocycles. The summed E-state index contributed by atoms with van der Waals surface area (Å²) in [6.07, 6.45) is -0.0947. The van der Waals surface area contributed by atoms with E-state index in [9.17, 15) is 34.8 Å². The number of carbonyl (C=O) groups excluding carboxylic acids is 3. The molecule has 1 fully saturated rings. The summed E-state index contributed by atoms with van der Waals surface area (Å²) >= 11 is 0. The summed E-state index contributed by atoms with van der Waals surface area (Å²) in [5.74, 6) is -5.35. The van der Waals surface area contributed by atoms with Crippen molar-refractivity contribution >= 4 is 23.2 Å². The lowest BCUT2D eigenvalue weighted by molar-refractivity contribution is -0.147. The molecule has 7 N–H and O–H groups in total. The summed E-state index contributed by atoms with van der Waals surface area (Å²) in [5, 5.41) is 47.3. The lowest BCUT2D eigenvalue weighted by Crippen LogP contribution is -2.58. The molecule has 5 rings (SSSR count). The molecule has 1 aromatic carbocycles. The van der Waals surface area contributed by atoms with Crippen molar-refractivity contribution in [2.24, 2.45) is 17.6 Å². The van der Waals surface area contributed by atoms with Crippen LogP contribution < -0.4 is 11.1 Å². The van der Waals surface area contributed by atoms with Gasteiger partial charge in [0.25, 0.3) is 5.91 Å². The quantitative estimate of drug-likeness (QED) is 0.329. The van der Waals surface area contributed by atoms with Gasteiger partial charge in [-0.05, 0) is 69.4 Å². The minimum atomic E-state index is -2.58. The monoisotopic (exact) mass is 522 g/mol. The number of fused-ring (bicyclic) bond motifs is 3. The number of primary amides is 1. The highest BCUT2D eigenvalue weighted by molar-refractivity contribution is 6.22. The van der Waals surface area contributed by atoms with E-state index in [0.717, 1.165) is 0 Å². The molecule has 0 unspecified atom stereocenters. The fourth-order valence-electron chi connectivity index (χ4n) is 5.82. The highest BCUT2D eigenvalue weighted by atomic mass is 16.4. The zero-order valence-electron chi connectivity index (χ0n) is 21.3. The topological polar surface area (TPSA) is 183 Å². The van der Waals surface area contributed by atoms with E-state index in [1.54, 1.807) is 12.1 Å². The summed E-state index contributed by atoms with van der Waals surface area (Å²) in [6.45, 7) is 6.61. The van der Waals surface area contributed by atoms with Crippen LogP contribution in [0, 0.1) is 11.8 Å². The maximum absolute atomic E-state index is 13.6. The molecule has 3 atom stereocenters. The second-order valence-electron chi connectivity index (χ2n) is 11.3. The van der Waals surface area contributed by atoms with E-state index >= 15 is 0 Å². The Labute approximate surface area is 218 Å². The third kappa shape index (κ3) is 3.83. The average molecular weight is 523 g/mol. The van der Waals surface area contributed by atoms with Gasteiger partial charge in [-0.15, -0.1) is 0 Å². The van der Waals surface area contributed by atoms with E-state index in [4.69, 9.17) is 10.2 Å². The van der Waals surface area contributed by atoms with Crippen molar-refractivity contribution in [2.45, 2.75) is 57.7 Å². The van der Waals surface area contributed by atoms with Crippen LogP contribution in [0.2, 0.25) is 0 Å². The number of aromatic hydroxyl groups is 1. The predicted octanol–water partition coefficient (Wildman–Crippen LogP) is 2.57. The number of nitrogens with two attached hydrogens (primary N) is 1. The van der Waals surface area contributed by atoms with Crippen LogP contribution in [0.25, 0.3) is 17.1 Å².